The van der Waals surface area contributed by atoms with E-state index in [0.717, 1.165) is 28.1 Å². The summed E-state index contributed by atoms with van der Waals surface area (Å²) in [5.74, 6) is 0. The van der Waals surface area contributed by atoms with Crippen LogP contribution in [0.1, 0.15) is 22.3 Å². The first-order valence-electron chi connectivity index (χ1n) is 15.6. The summed E-state index contributed by atoms with van der Waals surface area (Å²) in [4.78, 5) is 7.30. The van der Waals surface area contributed by atoms with Crippen LogP contribution < -0.4 is 9.88 Å². The van der Waals surface area contributed by atoms with E-state index >= 15 is 0 Å². The molecule has 1 aromatic heterocycles. The van der Waals surface area contributed by atoms with Crippen LogP contribution in [0.25, 0.3) is 44.1 Å². The Kier molecular flexibility index (Phi) is 6.36. The zero-order valence-corrected chi connectivity index (χ0v) is 28.8. The molecular weight excluding hydrogens is 685 g/mol. The van der Waals surface area contributed by atoms with E-state index in [2.05, 4.69) is 169 Å². The molecule has 7 aromatic carbocycles. The average Bonchev–Trinajstić information content (AvgIpc) is 3.73. The molecule has 0 aliphatic heterocycles. The first kappa shape index (κ1) is 27.8. The van der Waals surface area contributed by atoms with Gasteiger partial charge in [-0.15, -0.1) is 11.0 Å². The summed E-state index contributed by atoms with van der Waals surface area (Å²) in [6.45, 7) is 0. The van der Waals surface area contributed by atoms with Crippen LogP contribution in [0.5, 0.6) is 0 Å². The second-order valence-corrected chi connectivity index (χ2v) is 12.1. The van der Waals surface area contributed by atoms with E-state index < -0.39 is 0 Å². The molecule has 213 valence electrons. The third-order valence-electron chi connectivity index (χ3n) is 9.93. The van der Waals surface area contributed by atoms with Gasteiger partial charge in [0.05, 0.1) is 5.41 Å². The fourth-order valence-electron chi connectivity index (χ4n) is 8.15. The van der Waals surface area contributed by atoms with E-state index in [0.29, 0.717) is 0 Å². The quantitative estimate of drug-likeness (QED) is 0.181. The summed E-state index contributed by atoms with van der Waals surface area (Å²) < 4.78 is 0. The normalized spacial score (nSPS) is 13.2. The Hall–Kier alpha value is -4.50. The molecule has 0 saturated carbocycles. The van der Waals surface area contributed by atoms with Crippen LogP contribution >= 0.6 is 0 Å². The van der Waals surface area contributed by atoms with E-state index in [9.17, 15) is 0 Å². The minimum absolute atomic E-state index is 0. The molecule has 1 spiro atoms. The van der Waals surface area contributed by atoms with E-state index in [4.69, 9.17) is 4.98 Å². The van der Waals surface area contributed by atoms with Crippen LogP contribution in [0.4, 0.5) is 17.1 Å². The maximum Gasteiger partial charge on any atom is 0.0726 e. The predicted molar refractivity (Wildman–Crippen MR) is 186 cm³/mol. The average molecular weight is 713 g/mol. The summed E-state index contributed by atoms with van der Waals surface area (Å²) in [7, 11) is 0. The third-order valence-corrected chi connectivity index (χ3v) is 9.93. The number of para-hydroxylation sites is 2. The summed E-state index contributed by atoms with van der Waals surface area (Å²) >= 11 is 0. The molecule has 0 saturated heterocycles. The SMILES string of the molecule is [Pr].c1ccc(N(c2ccc3c(c2)C2(c4ccccc4-c4ccccc42)c2ccccc2-3)c2ccc3[n-]c4ccccc4c3c2)cc1. The molecule has 1 heterocycles. The van der Waals surface area contributed by atoms with Gasteiger partial charge in [0.2, 0.25) is 0 Å². The second-order valence-electron chi connectivity index (χ2n) is 12.1. The van der Waals surface area contributed by atoms with Crippen LogP contribution in [-0.4, -0.2) is 0 Å². The monoisotopic (exact) mass is 712 g/mol. The van der Waals surface area contributed by atoms with Gasteiger partial charge in [-0.1, -0.05) is 127 Å². The van der Waals surface area contributed by atoms with E-state index in [1.807, 2.05) is 0 Å². The van der Waals surface area contributed by atoms with Crippen LogP contribution in [0.2, 0.25) is 0 Å². The fourth-order valence-corrected chi connectivity index (χ4v) is 8.15. The first-order chi connectivity index (χ1) is 22.3. The Morgan fingerprint density at radius 3 is 1.54 bits per heavy atom. The predicted octanol–water partition coefficient (Wildman–Crippen LogP) is 10.8. The maximum absolute atomic E-state index is 4.90. The van der Waals surface area contributed by atoms with Crippen molar-refractivity contribution in [3.05, 3.63) is 186 Å². The van der Waals surface area contributed by atoms with Crippen molar-refractivity contribution in [1.82, 2.24) is 4.98 Å². The van der Waals surface area contributed by atoms with Crippen molar-refractivity contribution in [2.75, 3.05) is 4.90 Å². The molecule has 0 unspecified atom stereocenters. The standard InChI is InChI=1S/C43H27N2.Pr/c1-2-12-28(13-3-1)45(29-23-25-42-36(26-29)35-17-7-11-21-41(35)44-42)30-22-24-34-33-16-6-10-20-39(33)43(40(34)27-30)37-18-8-4-14-31(37)32-15-5-9-19-38(32)43;/h1-27H;/q-1;. The summed E-state index contributed by atoms with van der Waals surface area (Å²) in [5, 5.41) is 2.36. The van der Waals surface area contributed by atoms with Crippen molar-refractivity contribution >= 4 is 38.9 Å². The van der Waals surface area contributed by atoms with E-state index in [1.165, 1.54) is 55.3 Å². The Balaban J connectivity index is 0.00000292. The largest absolute Gasteiger partial charge is 0.657 e. The molecule has 2 aliphatic rings. The molecule has 0 atom stereocenters. The number of anilines is 3. The van der Waals surface area contributed by atoms with Crippen molar-refractivity contribution in [3.8, 4) is 22.3 Å². The molecule has 8 aromatic rings. The van der Waals surface area contributed by atoms with Crippen molar-refractivity contribution in [2.45, 2.75) is 5.41 Å². The number of fused-ring (bicyclic) bond motifs is 13. The third kappa shape index (κ3) is 3.72. The Morgan fingerprint density at radius 1 is 0.370 bits per heavy atom. The van der Waals surface area contributed by atoms with Gasteiger partial charge in [-0.05, 0) is 91.7 Å². The fraction of sp³-hybridized carbons (Fsp3) is 0.0233. The van der Waals surface area contributed by atoms with E-state index in [1.54, 1.807) is 0 Å². The molecule has 0 fully saturated rings. The Labute approximate surface area is 301 Å². The number of hydrogen-bond acceptors (Lipinski definition) is 1. The van der Waals surface area contributed by atoms with Gasteiger partial charge in [0.25, 0.3) is 0 Å². The van der Waals surface area contributed by atoms with Gasteiger partial charge in [0.15, 0.2) is 0 Å². The first-order valence-corrected chi connectivity index (χ1v) is 15.6. The number of nitrogens with zero attached hydrogens (tertiary/aromatic N) is 2. The zero-order chi connectivity index (χ0) is 29.5. The Bertz CT molecular complexity index is 2390. The molecule has 2 aliphatic carbocycles. The number of benzene rings is 7. The smallest absolute Gasteiger partial charge is 0.0726 e. The molecule has 1 radical (unpaired) electrons. The summed E-state index contributed by atoms with van der Waals surface area (Å²) in [6.07, 6.45) is 0. The van der Waals surface area contributed by atoms with Crippen molar-refractivity contribution < 1.29 is 41.3 Å². The molecule has 46 heavy (non-hydrogen) atoms. The van der Waals surface area contributed by atoms with Gasteiger partial charge in [-0.25, -0.2) is 0 Å². The van der Waals surface area contributed by atoms with Gasteiger partial charge in [0.1, 0.15) is 0 Å². The summed E-state index contributed by atoms with van der Waals surface area (Å²) in [5.41, 5.74) is 15.7. The van der Waals surface area contributed by atoms with Crippen molar-refractivity contribution in [2.24, 2.45) is 0 Å². The molecule has 0 N–H and O–H groups in total. The number of hydrogen-bond donors (Lipinski definition) is 0. The van der Waals surface area contributed by atoms with Gasteiger partial charge in [-0.2, -0.15) is 0 Å². The zero-order valence-electron chi connectivity index (χ0n) is 25.1. The topological polar surface area (TPSA) is 17.3 Å². The maximum atomic E-state index is 4.90. The van der Waals surface area contributed by atoms with Crippen LogP contribution in [0.15, 0.2) is 164 Å². The van der Waals surface area contributed by atoms with Crippen LogP contribution in [0.3, 0.4) is 0 Å². The molecular formula is C43H27N2Pr-. The van der Waals surface area contributed by atoms with Crippen LogP contribution in [0, 0.1) is 41.3 Å². The molecule has 2 nitrogen and oxygen atoms in total. The molecule has 10 rings (SSSR count). The van der Waals surface area contributed by atoms with Crippen molar-refractivity contribution in [1.29, 1.82) is 0 Å². The van der Waals surface area contributed by atoms with E-state index in [-0.39, 0.29) is 46.7 Å². The van der Waals surface area contributed by atoms with Gasteiger partial charge in [0, 0.05) is 58.4 Å². The minimum atomic E-state index is -0.382. The molecule has 3 heteroatoms. The summed E-state index contributed by atoms with van der Waals surface area (Å²) in [6, 6.07) is 59.9. The molecule has 0 amide bonds. The van der Waals surface area contributed by atoms with Crippen LogP contribution in [-0.2, 0) is 5.41 Å². The number of aromatic nitrogens is 1. The van der Waals surface area contributed by atoms with Gasteiger partial charge >= 0.3 is 0 Å². The number of rotatable bonds is 3. The minimum Gasteiger partial charge on any atom is -0.657 e. The Morgan fingerprint density at radius 2 is 0.870 bits per heavy atom. The van der Waals surface area contributed by atoms with Gasteiger partial charge in [-0.3, -0.25) is 0 Å². The van der Waals surface area contributed by atoms with Crippen molar-refractivity contribution in [3.63, 3.8) is 0 Å². The van der Waals surface area contributed by atoms with Gasteiger partial charge < -0.3 is 9.88 Å². The second kappa shape index (κ2) is 10.5. The molecule has 0 bridgehead atoms.